The minimum absolute atomic E-state index is 0.148. The summed E-state index contributed by atoms with van der Waals surface area (Å²) < 4.78 is 11.8. The van der Waals surface area contributed by atoms with E-state index >= 15 is 0 Å². The minimum atomic E-state index is -1.77. The van der Waals surface area contributed by atoms with Gasteiger partial charge in [0.15, 0.2) is 8.32 Å². The molecule has 0 radical (unpaired) electrons. The van der Waals surface area contributed by atoms with Crippen LogP contribution in [0.25, 0.3) is 0 Å². The summed E-state index contributed by atoms with van der Waals surface area (Å²) in [5.41, 5.74) is 0.0722. The molecule has 1 N–H and O–H groups in total. The van der Waals surface area contributed by atoms with Crippen LogP contribution >= 0.6 is 0 Å². The van der Waals surface area contributed by atoms with Gasteiger partial charge in [0.1, 0.15) is 0 Å². The SMILES string of the molecule is CCOc1cc(C2(O)CC(O[Si](C)(C)C(C)(C)C)C2)ccn1. The fraction of sp³-hybridized carbons (Fsp3) is 0.706. The maximum absolute atomic E-state index is 10.8. The third kappa shape index (κ3) is 3.53. The lowest BCUT2D eigenvalue weighted by atomic mass is 9.73. The predicted octanol–water partition coefficient (Wildman–Crippen LogP) is 3.85. The maximum Gasteiger partial charge on any atom is 0.213 e. The number of aliphatic hydroxyl groups is 1. The summed E-state index contributed by atoms with van der Waals surface area (Å²) in [6.07, 6.45) is 3.14. The molecule has 1 saturated carbocycles. The average Bonchev–Trinajstić information content (AvgIpc) is 2.36. The van der Waals surface area contributed by atoms with Gasteiger partial charge in [-0.25, -0.2) is 4.98 Å². The van der Waals surface area contributed by atoms with E-state index in [1.165, 1.54) is 0 Å². The molecule has 1 aliphatic carbocycles. The Morgan fingerprint density at radius 1 is 1.36 bits per heavy atom. The average molecular weight is 324 g/mol. The van der Waals surface area contributed by atoms with E-state index in [9.17, 15) is 5.11 Å². The number of aromatic nitrogens is 1. The maximum atomic E-state index is 10.8. The fourth-order valence-corrected chi connectivity index (χ4v) is 3.89. The molecule has 4 nitrogen and oxygen atoms in total. The van der Waals surface area contributed by atoms with E-state index in [1.54, 1.807) is 6.20 Å². The van der Waals surface area contributed by atoms with E-state index in [0.717, 1.165) is 5.56 Å². The minimum Gasteiger partial charge on any atom is -0.478 e. The van der Waals surface area contributed by atoms with Crippen LogP contribution in [0.1, 0.15) is 46.1 Å². The molecular weight excluding hydrogens is 294 g/mol. The first-order valence-electron chi connectivity index (χ1n) is 8.07. The van der Waals surface area contributed by atoms with Gasteiger partial charge in [-0.2, -0.15) is 0 Å². The van der Waals surface area contributed by atoms with Gasteiger partial charge in [0, 0.05) is 25.1 Å². The summed E-state index contributed by atoms with van der Waals surface area (Å²) in [5.74, 6) is 0.571. The molecule has 124 valence electrons. The van der Waals surface area contributed by atoms with Crippen molar-refractivity contribution in [3.63, 3.8) is 0 Å². The van der Waals surface area contributed by atoms with Crippen LogP contribution in [0.3, 0.4) is 0 Å². The summed E-state index contributed by atoms with van der Waals surface area (Å²) in [6.45, 7) is 13.7. The molecule has 5 heteroatoms. The second kappa shape index (κ2) is 5.94. The van der Waals surface area contributed by atoms with Gasteiger partial charge in [0.2, 0.25) is 5.88 Å². The highest BCUT2D eigenvalue weighted by atomic mass is 28.4. The molecule has 0 bridgehead atoms. The van der Waals surface area contributed by atoms with Crippen LogP contribution in [0.15, 0.2) is 18.3 Å². The fourth-order valence-electron chi connectivity index (χ4n) is 2.53. The smallest absolute Gasteiger partial charge is 0.213 e. The Morgan fingerprint density at radius 2 is 2.00 bits per heavy atom. The standard InChI is InChI=1S/C17H29NO3Si/c1-7-20-15-10-13(8-9-18-15)17(19)11-14(12-17)21-22(5,6)16(2,3)4/h8-10,14,19H,7,11-12H2,1-6H3. The molecule has 2 rings (SSSR count). The van der Waals surface area contributed by atoms with Gasteiger partial charge in [-0.1, -0.05) is 20.8 Å². The van der Waals surface area contributed by atoms with E-state index in [2.05, 4.69) is 38.8 Å². The van der Waals surface area contributed by atoms with Crippen molar-refractivity contribution in [2.24, 2.45) is 0 Å². The van der Waals surface area contributed by atoms with Crippen LogP contribution in [-0.4, -0.2) is 31.1 Å². The van der Waals surface area contributed by atoms with E-state index < -0.39 is 13.9 Å². The molecule has 0 amide bonds. The molecule has 1 aliphatic rings. The summed E-state index contributed by atoms with van der Waals surface area (Å²) in [6, 6.07) is 3.71. The lowest BCUT2D eigenvalue weighted by Crippen LogP contribution is -2.52. The van der Waals surface area contributed by atoms with Crippen LogP contribution in [-0.2, 0) is 10.0 Å². The van der Waals surface area contributed by atoms with Gasteiger partial charge in [0.25, 0.3) is 0 Å². The number of hydrogen-bond donors (Lipinski definition) is 1. The van der Waals surface area contributed by atoms with Crippen molar-refractivity contribution in [3.05, 3.63) is 23.9 Å². The topological polar surface area (TPSA) is 51.6 Å². The highest BCUT2D eigenvalue weighted by molar-refractivity contribution is 6.74. The Balaban J connectivity index is 2.01. The summed E-state index contributed by atoms with van der Waals surface area (Å²) in [5, 5.41) is 11.0. The molecule has 22 heavy (non-hydrogen) atoms. The van der Waals surface area contributed by atoms with Gasteiger partial charge in [-0.3, -0.25) is 0 Å². The van der Waals surface area contributed by atoms with E-state index in [4.69, 9.17) is 9.16 Å². The monoisotopic (exact) mass is 323 g/mol. The third-order valence-corrected chi connectivity index (χ3v) is 9.50. The molecule has 1 aromatic rings. The number of ether oxygens (including phenoxy) is 1. The lowest BCUT2D eigenvalue weighted by molar-refractivity contribution is -0.113. The molecule has 1 aromatic heterocycles. The van der Waals surface area contributed by atoms with E-state index in [1.807, 2.05) is 19.1 Å². The molecule has 0 unspecified atom stereocenters. The van der Waals surface area contributed by atoms with Crippen molar-refractivity contribution in [1.29, 1.82) is 0 Å². The van der Waals surface area contributed by atoms with Crippen LogP contribution in [0.2, 0.25) is 18.1 Å². The largest absolute Gasteiger partial charge is 0.478 e. The predicted molar refractivity (Wildman–Crippen MR) is 90.6 cm³/mol. The summed E-state index contributed by atoms with van der Waals surface area (Å²) in [4.78, 5) is 4.15. The molecule has 1 heterocycles. The quantitative estimate of drug-likeness (QED) is 0.836. The van der Waals surface area contributed by atoms with Crippen molar-refractivity contribution in [2.45, 2.75) is 70.4 Å². The van der Waals surface area contributed by atoms with Crippen molar-refractivity contribution >= 4 is 8.32 Å². The first kappa shape index (κ1) is 17.4. The molecule has 0 saturated heterocycles. The summed E-state index contributed by atoms with van der Waals surface area (Å²) >= 11 is 0. The molecule has 0 aromatic carbocycles. The normalized spacial score (nSPS) is 25.7. The van der Waals surface area contributed by atoms with Crippen molar-refractivity contribution in [2.75, 3.05) is 6.61 Å². The zero-order valence-electron chi connectivity index (χ0n) is 14.6. The van der Waals surface area contributed by atoms with Gasteiger partial charge in [-0.15, -0.1) is 0 Å². The molecule has 0 spiro atoms. The molecule has 1 fully saturated rings. The molecule has 0 aliphatic heterocycles. The Labute approximate surface area is 135 Å². The second-order valence-corrected chi connectivity index (χ2v) is 12.5. The lowest BCUT2D eigenvalue weighted by Gasteiger charge is -2.49. The number of hydrogen-bond acceptors (Lipinski definition) is 4. The zero-order chi connectivity index (χ0) is 16.6. The zero-order valence-corrected chi connectivity index (χ0v) is 15.6. The third-order valence-electron chi connectivity index (χ3n) is 4.96. The summed E-state index contributed by atoms with van der Waals surface area (Å²) in [7, 11) is -1.77. The van der Waals surface area contributed by atoms with E-state index in [0.29, 0.717) is 25.3 Å². The van der Waals surface area contributed by atoms with Crippen molar-refractivity contribution < 1.29 is 14.3 Å². The second-order valence-electron chi connectivity index (χ2n) is 7.76. The molecule has 0 atom stereocenters. The van der Waals surface area contributed by atoms with Gasteiger partial charge in [0.05, 0.1) is 18.3 Å². The number of pyridine rings is 1. The van der Waals surface area contributed by atoms with Crippen molar-refractivity contribution in [1.82, 2.24) is 4.98 Å². The highest BCUT2D eigenvalue weighted by Gasteiger charge is 2.49. The number of rotatable bonds is 5. The first-order chi connectivity index (χ1) is 10.1. The Morgan fingerprint density at radius 3 is 2.55 bits per heavy atom. The Bertz CT molecular complexity index is 519. The van der Waals surface area contributed by atoms with Crippen LogP contribution in [0, 0.1) is 0 Å². The van der Waals surface area contributed by atoms with Crippen LogP contribution < -0.4 is 4.74 Å². The van der Waals surface area contributed by atoms with Crippen LogP contribution in [0.5, 0.6) is 5.88 Å². The van der Waals surface area contributed by atoms with E-state index in [-0.39, 0.29) is 11.1 Å². The van der Waals surface area contributed by atoms with Gasteiger partial charge < -0.3 is 14.3 Å². The van der Waals surface area contributed by atoms with Gasteiger partial charge >= 0.3 is 0 Å². The highest BCUT2D eigenvalue weighted by Crippen LogP contribution is 2.47. The number of nitrogens with zero attached hydrogens (tertiary/aromatic N) is 1. The Hall–Kier alpha value is -0.913. The Kier molecular flexibility index (Phi) is 4.71. The first-order valence-corrected chi connectivity index (χ1v) is 11.0. The molecular formula is C17H29NO3Si. The van der Waals surface area contributed by atoms with Crippen molar-refractivity contribution in [3.8, 4) is 5.88 Å². The van der Waals surface area contributed by atoms with Crippen LogP contribution in [0.4, 0.5) is 0 Å². The van der Waals surface area contributed by atoms with Gasteiger partial charge in [-0.05, 0) is 36.7 Å².